The van der Waals surface area contributed by atoms with E-state index in [1.807, 2.05) is 30.3 Å². The number of rotatable bonds is 5. The predicted octanol–water partition coefficient (Wildman–Crippen LogP) is 4.24. The van der Waals surface area contributed by atoms with E-state index in [9.17, 15) is 4.57 Å². The van der Waals surface area contributed by atoms with Gasteiger partial charge in [0.15, 0.2) is 0 Å². The van der Waals surface area contributed by atoms with Gasteiger partial charge in [-0.15, -0.1) is 4.52 Å². The maximum atomic E-state index is 12.0. The van der Waals surface area contributed by atoms with Gasteiger partial charge in [0.25, 0.3) is 0 Å². The minimum atomic E-state index is -1.75. The molecule has 1 unspecified atom stereocenters. The van der Waals surface area contributed by atoms with Crippen molar-refractivity contribution in [1.82, 2.24) is 0 Å². The highest BCUT2D eigenvalue weighted by molar-refractivity contribution is 7.48. The van der Waals surface area contributed by atoms with Crippen molar-refractivity contribution in [3.8, 4) is 0 Å². The lowest BCUT2D eigenvalue weighted by molar-refractivity contribution is 0.339. The summed E-state index contributed by atoms with van der Waals surface area (Å²) in [5.74, 6) is 0. The number of hydrogen-bond donors (Lipinski definition) is 0. The molecule has 0 fully saturated rings. The Morgan fingerprint density at radius 3 is 2.20 bits per heavy atom. The van der Waals surface area contributed by atoms with Gasteiger partial charge in [0.2, 0.25) is 5.30 Å². The zero-order chi connectivity index (χ0) is 14.5. The van der Waals surface area contributed by atoms with Crippen LogP contribution in [-0.2, 0) is 15.5 Å². The molecule has 2 aromatic carbocycles. The van der Waals surface area contributed by atoms with E-state index in [0.29, 0.717) is 6.61 Å². The lowest BCUT2D eigenvalue weighted by atomic mass is 9.98. The largest absolute Gasteiger partial charge is 0.548 e. The number of benzene rings is 2. The summed E-state index contributed by atoms with van der Waals surface area (Å²) in [4.78, 5) is 0. The van der Waals surface area contributed by atoms with Crippen LogP contribution in [0.4, 0.5) is 0 Å². The molecule has 0 spiro atoms. The van der Waals surface area contributed by atoms with Crippen molar-refractivity contribution in [2.75, 3.05) is 6.61 Å². The fourth-order valence-corrected chi connectivity index (χ4v) is 3.28. The summed E-state index contributed by atoms with van der Waals surface area (Å²) < 4.78 is 17.5. The third kappa shape index (κ3) is 3.75. The van der Waals surface area contributed by atoms with Crippen LogP contribution in [0.5, 0.6) is 0 Å². The number of aryl methyl sites for hydroxylation is 3. The van der Waals surface area contributed by atoms with Crippen LogP contribution in [-0.4, -0.2) is 6.61 Å². The average Bonchev–Trinajstić information content (AvgIpc) is 2.42. The van der Waals surface area contributed by atoms with Crippen LogP contribution < -0.4 is 5.30 Å². The van der Waals surface area contributed by atoms with Crippen LogP contribution in [0.2, 0.25) is 0 Å². The molecule has 0 N–H and O–H groups in total. The Labute approximate surface area is 121 Å². The minimum absolute atomic E-state index is 0.481. The van der Waals surface area contributed by atoms with Crippen molar-refractivity contribution in [3.05, 3.63) is 64.7 Å². The van der Waals surface area contributed by atoms with E-state index >= 15 is 0 Å². The van der Waals surface area contributed by atoms with Gasteiger partial charge in [-0.1, -0.05) is 35.9 Å². The Bertz CT molecular complexity index is 583. The van der Waals surface area contributed by atoms with Gasteiger partial charge in [0, 0.05) is 6.42 Å². The molecule has 0 aromatic heterocycles. The Balaban J connectivity index is 1.95. The molecule has 0 aliphatic rings. The van der Waals surface area contributed by atoms with Crippen LogP contribution in [0.3, 0.4) is 0 Å². The van der Waals surface area contributed by atoms with Gasteiger partial charge in [-0.25, -0.2) is 0 Å². The van der Waals surface area contributed by atoms with Crippen molar-refractivity contribution in [2.45, 2.75) is 27.2 Å². The molecular weight excluding hydrogens is 267 g/mol. The lowest BCUT2D eigenvalue weighted by Crippen LogP contribution is -2.03. The van der Waals surface area contributed by atoms with Gasteiger partial charge >= 0.3 is 8.03 Å². The topological polar surface area (TPSA) is 26.3 Å². The predicted molar refractivity (Wildman–Crippen MR) is 84.0 cm³/mol. The molecule has 20 heavy (non-hydrogen) atoms. The van der Waals surface area contributed by atoms with Crippen molar-refractivity contribution < 1.29 is 9.09 Å². The molecule has 104 valence electrons. The molecule has 0 aliphatic carbocycles. The fraction of sp³-hybridized carbons (Fsp3) is 0.294. The van der Waals surface area contributed by atoms with Crippen molar-refractivity contribution in [2.24, 2.45) is 0 Å². The summed E-state index contributed by atoms with van der Waals surface area (Å²) in [7, 11) is -1.75. The first kappa shape index (κ1) is 14.9. The molecule has 0 bridgehead atoms. The summed E-state index contributed by atoms with van der Waals surface area (Å²) in [6, 6.07) is 13.7. The molecule has 2 aromatic rings. The monoisotopic (exact) mass is 287 g/mol. The molecular formula is C17H20O2P+. The summed E-state index contributed by atoms with van der Waals surface area (Å²) in [6.45, 7) is 6.82. The normalized spacial score (nSPS) is 11.4. The van der Waals surface area contributed by atoms with Gasteiger partial charge in [0.1, 0.15) is 6.61 Å². The van der Waals surface area contributed by atoms with E-state index in [-0.39, 0.29) is 0 Å². The first-order valence-corrected chi connectivity index (χ1v) is 7.97. The van der Waals surface area contributed by atoms with Crippen LogP contribution in [0, 0.1) is 20.8 Å². The number of hydrogen-bond acceptors (Lipinski definition) is 2. The Morgan fingerprint density at radius 1 is 1.00 bits per heavy atom. The van der Waals surface area contributed by atoms with Crippen LogP contribution in [0.25, 0.3) is 0 Å². The maximum Gasteiger partial charge on any atom is 0.548 e. The van der Waals surface area contributed by atoms with Crippen LogP contribution in [0.1, 0.15) is 22.3 Å². The molecule has 2 nitrogen and oxygen atoms in total. The average molecular weight is 287 g/mol. The maximum absolute atomic E-state index is 12.0. The van der Waals surface area contributed by atoms with E-state index in [0.717, 1.165) is 11.7 Å². The van der Waals surface area contributed by atoms with Gasteiger partial charge in [0.05, 0.1) is 0 Å². The minimum Gasteiger partial charge on any atom is -0.141 e. The smallest absolute Gasteiger partial charge is 0.141 e. The van der Waals surface area contributed by atoms with E-state index in [4.69, 9.17) is 4.52 Å². The highest BCUT2D eigenvalue weighted by Gasteiger charge is 2.21. The molecule has 3 heteroatoms. The Kier molecular flexibility index (Phi) is 5.05. The Morgan fingerprint density at radius 2 is 1.60 bits per heavy atom. The van der Waals surface area contributed by atoms with Crippen molar-refractivity contribution >= 4 is 13.3 Å². The standard InChI is InChI=1S/C17H20O2P/c1-13-11-14(2)17(15(3)12-13)9-10-19-20(18)16-7-5-4-6-8-16/h4-8,11-12H,9-10H2,1-3H3/q+1. The fourth-order valence-electron chi connectivity index (χ4n) is 2.46. The zero-order valence-electron chi connectivity index (χ0n) is 12.2. The van der Waals surface area contributed by atoms with E-state index in [2.05, 4.69) is 32.9 Å². The highest BCUT2D eigenvalue weighted by atomic mass is 31.1. The second kappa shape index (κ2) is 6.78. The van der Waals surface area contributed by atoms with Crippen LogP contribution in [0.15, 0.2) is 42.5 Å². The molecule has 0 amide bonds. The molecule has 1 atom stereocenters. The van der Waals surface area contributed by atoms with E-state index in [1.54, 1.807) is 0 Å². The lowest BCUT2D eigenvalue weighted by Gasteiger charge is -2.09. The Hall–Kier alpha value is -1.50. The summed E-state index contributed by atoms with van der Waals surface area (Å²) in [5, 5.41) is 0.750. The molecule has 2 rings (SSSR count). The summed E-state index contributed by atoms with van der Waals surface area (Å²) >= 11 is 0. The molecule has 0 saturated carbocycles. The quantitative estimate of drug-likeness (QED) is 0.769. The molecule has 0 heterocycles. The van der Waals surface area contributed by atoms with Gasteiger partial charge in [-0.2, -0.15) is 0 Å². The first-order chi connectivity index (χ1) is 9.58. The van der Waals surface area contributed by atoms with Gasteiger partial charge in [-0.3, -0.25) is 0 Å². The van der Waals surface area contributed by atoms with Crippen molar-refractivity contribution in [3.63, 3.8) is 0 Å². The second-order valence-electron chi connectivity index (χ2n) is 5.05. The summed E-state index contributed by atoms with van der Waals surface area (Å²) in [5.41, 5.74) is 5.13. The molecule has 0 radical (unpaired) electrons. The summed E-state index contributed by atoms with van der Waals surface area (Å²) in [6.07, 6.45) is 0.797. The third-order valence-electron chi connectivity index (χ3n) is 3.37. The first-order valence-electron chi connectivity index (χ1n) is 6.80. The molecule has 0 aliphatic heterocycles. The van der Waals surface area contributed by atoms with Crippen LogP contribution >= 0.6 is 8.03 Å². The zero-order valence-corrected chi connectivity index (χ0v) is 13.1. The van der Waals surface area contributed by atoms with E-state index < -0.39 is 8.03 Å². The van der Waals surface area contributed by atoms with Gasteiger partial charge in [-0.05, 0) is 54.2 Å². The van der Waals surface area contributed by atoms with Gasteiger partial charge < -0.3 is 0 Å². The van der Waals surface area contributed by atoms with Crippen molar-refractivity contribution in [1.29, 1.82) is 0 Å². The molecule has 0 saturated heterocycles. The SMILES string of the molecule is Cc1cc(C)c(CCO[P+](=O)c2ccccc2)c(C)c1. The second-order valence-corrected chi connectivity index (χ2v) is 6.34. The highest BCUT2D eigenvalue weighted by Crippen LogP contribution is 2.23. The third-order valence-corrected chi connectivity index (χ3v) is 4.50. The van der Waals surface area contributed by atoms with E-state index in [1.165, 1.54) is 22.3 Å².